The average molecular weight is 425 g/mol. The van der Waals surface area contributed by atoms with E-state index in [9.17, 15) is 0 Å². The lowest BCUT2D eigenvalue weighted by Gasteiger charge is -2.04. The highest BCUT2D eigenvalue weighted by atomic mass is 79.9. The van der Waals surface area contributed by atoms with E-state index in [1.54, 1.807) is 0 Å². The van der Waals surface area contributed by atoms with Gasteiger partial charge in [-0.15, -0.1) is 0 Å². The van der Waals surface area contributed by atoms with E-state index in [1.807, 2.05) is 0 Å². The Bertz CT molecular complexity index is 1140. The van der Waals surface area contributed by atoms with Crippen molar-refractivity contribution in [2.75, 3.05) is 0 Å². The molecule has 0 aliphatic rings. The van der Waals surface area contributed by atoms with Crippen LogP contribution in [-0.4, -0.2) is 4.98 Å². The first-order valence-corrected chi connectivity index (χ1v) is 9.01. The van der Waals surface area contributed by atoms with Gasteiger partial charge in [-0.2, -0.15) is 0 Å². The van der Waals surface area contributed by atoms with Gasteiger partial charge in [0, 0.05) is 30.8 Å². The van der Waals surface area contributed by atoms with Gasteiger partial charge in [0.05, 0.1) is 0 Å². The quantitative estimate of drug-likeness (QED) is 0.271. The third kappa shape index (κ3) is 1.97. The number of hydrogen-bond donors (Lipinski definition) is 1. The Hall–Kier alpha value is -1.84. The number of nitrogens with one attached hydrogen (secondary N) is 1. The summed E-state index contributed by atoms with van der Waals surface area (Å²) in [6, 6.07) is 21.7. The molecule has 0 atom stereocenters. The van der Waals surface area contributed by atoms with Crippen molar-refractivity contribution in [3.8, 4) is 0 Å². The molecule has 3 heteroatoms. The van der Waals surface area contributed by atoms with Crippen LogP contribution in [0.25, 0.3) is 43.4 Å². The number of rotatable bonds is 0. The summed E-state index contributed by atoms with van der Waals surface area (Å²) in [6.07, 6.45) is 0. The van der Waals surface area contributed by atoms with Gasteiger partial charge in [-0.25, -0.2) is 0 Å². The zero-order chi connectivity index (χ0) is 15.6. The van der Waals surface area contributed by atoms with E-state index in [0.29, 0.717) is 0 Å². The Labute approximate surface area is 149 Å². The minimum Gasteiger partial charge on any atom is -0.354 e. The molecule has 1 aromatic heterocycles. The molecule has 0 saturated heterocycles. The van der Waals surface area contributed by atoms with Crippen molar-refractivity contribution in [2.45, 2.75) is 0 Å². The van der Waals surface area contributed by atoms with Crippen LogP contribution in [-0.2, 0) is 0 Å². The van der Waals surface area contributed by atoms with Gasteiger partial charge in [0.25, 0.3) is 0 Å². The third-order valence-electron chi connectivity index (χ3n) is 4.48. The van der Waals surface area contributed by atoms with E-state index in [-0.39, 0.29) is 0 Å². The molecule has 0 amide bonds. The van der Waals surface area contributed by atoms with Crippen LogP contribution in [0, 0.1) is 0 Å². The Balaban J connectivity index is 2.10. The molecule has 1 N–H and O–H groups in total. The molecule has 0 radical (unpaired) electrons. The lowest BCUT2D eigenvalue weighted by atomic mass is 10.00. The van der Waals surface area contributed by atoms with Crippen LogP contribution in [0.2, 0.25) is 0 Å². The smallest absolute Gasteiger partial charge is 0.0471 e. The molecule has 0 aliphatic heterocycles. The summed E-state index contributed by atoms with van der Waals surface area (Å²) in [5.74, 6) is 0. The fourth-order valence-corrected chi connectivity index (χ4v) is 4.25. The second-order valence-corrected chi connectivity index (χ2v) is 7.66. The van der Waals surface area contributed by atoms with Crippen molar-refractivity contribution >= 4 is 75.2 Å². The predicted molar refractivity (Wildman–Crippen MR) is 106 cm³/mol. The van der Waals surface area contributed by atoms with E-state index in [4.69, 9.17) is 0 Å². The largest absolute Gasteiger partial charge is 0.354 e. The van der Waals surface area contributed by atoms with E-state index in [2.05, 4.69) is 97.5 Å². The molecule has 0 aliphatic carbocycles. The van der Waals surface area contributed by atoms with Gasteiger partial charge >= 0.3 is 0 Å². The Kier molecular flexibility index (Phi) is 2.85. The topological polar surface area (TPSA) is 15.8 Å². The predicted octanol–water partition coefficient (Wildman–Crippen LogP) is 7.15. The fraction of sp³-hybridized carbons (Fsp3) is 0. The molecule has 4 aromatic carbocycles. The van der Waals surface area contributed by atoms with Gasteiger partial charge in [-0.3, -0.25) is 0 Å². The summed E-state index contributed by atoms with van der Waals surface area (Å²) in [4.78, 5) is 3.57. The number of fused-ring (bicyclic) bond motifs is 7. The highest BCUT2D eigenvalue weighted by molar-refractivity contribution is 9.10. The highest BCUT2D eigenvalue weighted by Crippen LogP contribution is 2.37. The molecule has 0 unspecified atom stereocenters. The Morgan fingerprint density at radius 2 is 1.04 bits per heavy atom. The van der Waals surface area contributed by atoms with E-state index >= 15 is 0 Å². The van der Waals surface area contributed by atoms with E-state index in [0.717, 1.165) is 8.95 Å². The minimum atomic E-state index is 1.11. The molecule has 1 nitrogen and oxygen atoms in total. The van der Waals surface area contributed by atoms with Crippen molar-refractivity contribution in [1.82, 2.24) is 4.98 Å². The van der Waals surface area contributed by atoms with Crippen LogP contribution in [0.3, 0.4) is 0 Å². The molecule has 5 aromatic rings. The standard InChI is InChI=1S/C20H11Br2N/c21-13-3-5-15-11(9-13)1-7-17-19(15)20-16-6-4-14(22)10-12(16)2-8-18(20)23-17/h1-10,23H. The summed E-state index contributed by atoms with van der Waals surface area (Å²) >= 11 is 7.14. The minimum absolute atomic E-state index is 1.11. The third-order valence-corrected chi connectivity index (χ3v) is 5.47. The summed E-state index contributed by atoms with van der Waals surface area (Å²) in [6.45, 7) is 0. The Morgan fingerprint density at radius 3 is 1.52 bits per heavy atom. The number of benzene rings is 4. The summed E-state index contributed by atoms with van der Waals surface area (Å²) in [7, 11) is 0. The lowest BCUT2D eigenvalue weighted by molar-refractivity contribution is 1.55. The number of aromatic amines is 1. The normalized spacial score (nSPS) is 11.9. The maximum absolute atomic E-state index is 3.57. The van der Waals surface area contributed by atoms with Crippen molar-refractivity contribution < 1.29 is 0 Å². The van der Waals surface area contributed by atoms with Gasteiger partial charge in [-0.1, -0.05) is 56.1 Å². The monoisotopic (exact) mass is 423 g/mol. The van der Waals surface area contributed by atoms with Crippen molar-refractivity contribution in [1.29, 1.82) is 0 Å². The summed E-state index contributed by atoms with van der Waals surface area (Å²) in [5.41, 5.74) is 2.37. The zero-order valence-electron chi connectivity index (χ0n) is 12.0. The van der Waals surface area contributed by atoms with Gasteiger partial charge in [0.1, 0.15) is 0 Å². The Morgan fingerprint density at radius 1 is 0.565 bits per heavy atom. The number of halogens is 2. The van der Waals surface area contributed by atoms with Crippen LogP contribution in [0.5, 0.6) is 0 Å². The first-order valence-electron chi connectivity index (χ1n) is 7.43. The second kappa shape index (κ2) is 4.83. The molecular formula is C20H11Br2N. The SMILES string of the molecule is Brc1ccc2c(ccc3[nH]c4ccc5cc(Br)ccc5c4c32)c1. The van der Waals surface area contributed by atoms with Crippen LogP contribution in [0.4, 0.5) is 0 Å². The van der Waals surface area contributed by atoms with E-state index < -0.39 is 0 Å². The lowest BCUT2D eigenvalue weighted by Crippen LogP contribution is -1.78. The molecule has 0 fully saturated rings. The number of hydrogen-bond acceptors (Lipinski definition) is 0. The molecule has 1 heterocycles. The first-order chi connectivity index (χ1) is 11.2. The van der Waals surface area contributed by atoms with Crippen LogP contribution in [0.1, 0.15) is 0 Å². The maximum atomic E-state index is 3.57. The van der Waals surface area contributed by atoms with Crippen molar-refractivity contribution in [3.63, 3.8) is 0 Å². The van der Waals surface area contributed by atoms with Crippen molar-refractivity contribution in [3.05, 3.63) is 69.6 Å². The summed E-state index contributed by atoms with van der Waals surface area (Å²) in [5, 5.41) is 7.68. The molecule has 5 rings (SSSR count). The fourth-order valence-electron chi connectivity index (χ4n) is 3.49. The van der Waals surface area contributed by atoms with Gasteiger partial charge in [0.2, 0.25) is 0 Å². The van der Waals surface area contributed by atoms with Gasteiger partial charge < -0.3 is 4.98 Å². The van der Waals surface area contributed by atoms with Gasteiger partial charge in [0.15, 0.2) is 0 Å². The van der Waals surface area contributed by atoms with Crippen LogP contribution < -0.4 is 0 Å². The molecule has 110 valence electrons. The second-order valence-electron chi connectivity index (χ2n) is 5.83. The maximum Gasteiger partial charge on any atom is 0.0471 e. The van der Waals surface area contributed by atoms with Crippen molar-refractivity contribution in [2.24, 2.45) is 0 Å². The van der Waals surface area contributed by atoms with Gasteiger partial charge in [-0.05, 0) is 57.9 Å². The molecule has 23 heavy (non-hydrogen) atoms. The highest BCUT2D eigenvalue weighted by Gasteiger charge is 2.11. The molecular weight excluding hydrogens is 414 g/mol. The zero-order valence-corrected chi connectivity index (χ0v) is 15.2. The number of H-pyrrole nitrogens is 1. The first kappa shape index (κ1) is 13.6. The van der Waals surface area contributed by atoms with Crippen LogP contribution >= 0.6 is 31.9 Å². The van der Waals surface area contributed by atoms with Crippen LogP contribution in [0.15, 0.2) is 69.6 Å². The number of aromatic nitrogens is 1. The summed E-state index contributed by atoms with van der Waals surface area (Å²) < 4.78 is 2.22. The molecule has 0 spiro atoms. The van der Waals surface area contributed by atoms with E-state index in [1.165, 1.54) is 43.4 Å². The average Bonchev–Trinajstić information content (AvgIpc) is 2.93. The molecule has 0 saturated carbocycles. The molecule has 0 bridgehead atoms.